The van der Waals surface area contributed by atoms with Crippen molar-refractivity contribution in [1.82, 2.24) is 25.0 Å². The number of hydrogen-bond donors (Lipinski definition) is 4. The number of ether oxygens (including phenoxy) is 1. The smallest absolute Gasteiger partial charge is 0.262 e. The summed E-state index contributed by atoms with van der Waals surface area (Å²) in [4.78, 5) is 30.3. The Morgan fingerprint density at radius 2 is 1.72 bits per heavy atom. The molecule has 39 heavy (non-hydrogen) atoms. The molecule has 1 atom stereocenters. The molecule has 2 amide bonds. The minimum atomic E-state index is -3.39. The number of sulfonamides is 1. The van der Waals surface area contributed by atoms with Crippen LogP contribution >= 0.6 is 0 Å². The summed E-state index contributed by atoms with van der Waals surface area (Å²) >= 11 is 0. The van der Waals surface area contributed by atoms with Gasteiger partial charge in [0, 0.05) is 60.4 Å². The first-order valence-electron chi connectivity index (χ1n) is 12.9. The van der Waals surface area contributed by atoms with Crippen molar-refractivity contribution in [1.29, 1.82) is 0 Å². The van der Waals surface area contributed by atoms with Crippen molar-refractivity contribution < 1.29 is 28.0 Å². The molecule has 1 aromatic heterocycles. The standard InChI is InChI=1S/C27H35N5O6S/c1-18(2)39(36,37)32-14-12-31(13-15-32)25(27(34)30-35)16-28-26(33)20-8-10-21(11-9-20)38-17-23-19(3)29-24-7-5-4-6-22(23)24/h4-11,18,25,29,35H,12-17H2,1-3H3,(H,28,33)(H,30,34). The van der Waals surface area contributed by atoms with Gasteiger partial charge in [0.2, 0.25) is 10.0 Å². The molecule has 0 aliphatic carbocycles. The Balaban J connectivity index is 1.33. The number of nitrogens with zero attached hydrogens (tertiary/aromatic N) is 2. The van der Waals surface area contributed by atoms with Crippen molar-refractivity contribution >= 4 is 32.7 Å². The van der Waals surface area contributed by atoms with E-state index in [1.54, 1.807) is 48.5 Å². The minimum Gasteiger partial charge on any atom is -0.489 e. The van der Waals surface area contributed by atoms with Crippen LogP contribution in [-0.4, -0.2) is 83.6 Å². The summed E-state index contributed by atoms with van der Waals surface area (Å²) < 4.78 is 32.2. The average molecular weight is 558 g/mol. The minimum absolute atomic E-state index is 0.0553. The summed E-state index contributed by atoms with van der Waals surface area (Å²) in [5.41, 5.74) is 5.20. The second-order valence-corrected chi connectivity index (χ2v) is 12.3. The molecule has 210 valence electrons. The van der Waals surface area contributed by atoms with Crippen LogP contribution < -0.4 is 15.5 Å². The van der Waals surface area contributed by atoms with Crippen molar-refractivity contribution in [2.75, 3.05) is 32.7 Å². The van der Waals surface area contributed by atoms with E-state index in [4.69, 9.17) is 4.74 Å². The molecule has 3 aromatic rings. The van der Waals surface area contributed by atoms with E-state index in [1.807, 2.05) is 31.2 Å². The van der Waals surface area contributed by atoms with Crippen LogP contribution in [0.15, 0.2) is 48.5 Å². The fourth-order valence-corrected chi connectivity index (χ4v) is 5.97. The number of amides is 2. The van der Waals surface area contributed by atoms with E-state index in [0.29, 0.717) is 31.0 Å². The molecular weight excluding hydrogens is 522 g/mol. The summed E-state index contributed by atoms with van der Waals surface area (Å²) in [6, 6.07) is 13.9. The van der Waals surface area contributed by atoms with Crippen molar-refractivity contribution in [3.63, 3.8) is 0 Å². The number of hydroxylamine groups is 1. The molecule has 1 aliphatic heterocycles. The molecule has 4 rings (SSSR count). The maximum atomic E-state index is 12.8. The van der Waals surface area contributed by atoms with Crippen LogP contribution in [0.1, 0.15) is 35.5 Å². The molecule has 1 saturated heterocycles. The van der Waals surface area contributed by atoms with Crippen LogP contribution in [0, 0.1) is 6.92 Å². The van der Waals surface area contributed by atoms with Gasteiger partial charge in [-0.05, 0) is 51.1 Å². The number of para-hydroxylation sites is 1. The number of carbonyl (C=O) groups excluding carboxylic acids is 2. The first-order chi connectivity index (χ1) is 18.6. The van der Waals surface area contributed by atoms with Gasteiger partial charge in [-0.3, -0.25) is 19.7 Å². The van der Waals surface area contributed by atoms with Gasteiger partial charge in [0.1, 0.15) is 18.4 Å². The number of aromatic nitrogens is 1. The zero-order chi connectivity index (χ0) is 28.2. The second-order valence-electron chi connectivity index (χ2n) is 9.82. The highest BCUT2D eigenvalue weighted by molar-refractivity contribution is 7.89. The molecule has 0 radical (unpaired) electrons. The van der Waals surface area contributed by atoms with Crippen molar-refractivity contribution in [3.8, 4) is 5.75 Å². The molecule has 11 nitrogen and oxygen atoms in total. The van der Waals surface area contributed by atoms with Gasteiger partial charge >= 0.3 is 0 Å². The number of rotatable bonds is 10. The van der Waals surface area contributed by atoms with Crippen LogP contribution in [0.4, 0.5) is 0 Å². The van der Waals surface area contributed by atoms with Gasteiger partial charge in [-0.25, -0.2) is 13.9 Å². The predicted octanol–water partition coefficient (Wildman–Crippen LogP) is 2.01. The molecule has 0 bridgehead atoms. The van der Waals surface area contributed by atoms with Crippen LogP contribution in [-0.2, 0) is 21.4 Å². The van der Waals surface area contributed by atoms with E-state index in [0.717, 1.165) is 22.2 Å². The van der Waals surface area contributed by atoms with E-state index in [9.17, 15) is 23.2 Å². The van der Waals surface area contributed by atoms with E-state index >= 15 is 0 Å². The summed E-state index contributed by atoms with van der Waals surface area (Å²) in [5, 5.41) is 12.6. The number of aromatic amines is 1. The third-order valence-electron chi connectivity index (χ3n) is 7.07. The van der Waals surface area contributed by atoms with E-state index in [2.05, 4.69) is 10.3 Å². The molecule has 2 aromatic carbocycles. The van der Waals surface area contributed by atoms with E-state index < -0.39 is 27.2 Å². The third kappa shape index (κ3) is 6.41. The molecule has 0 saturated carbocycles. The van der Waals surface area contributed by atoms with Gasteiger partial charge in [0.15, 0.2) is 0 Å². The Kier molecular flexibility index (Phi) is 8.90. The lowest BCUT2D eigenvalue weighted by Gasteiger charge is -2.38. The van der Waals surface area contributed by atoms with Crippen LogP contribution in [0.2, 0.25) is 0 Å². The highest BCUT2D eigenvalue weighted by atomic mass is 32.2. The molecule has 1 aliphatic rings. The molecule has 1 unspecified atom stereocenters. The Hall–Kier alpha value is -3.45. The summed E-state index contributed by atoms with van der Waals surface area (Å²) in [5.74, 6) is -0.444. The lowest BCUT2D eigenvalue weighted by molar-refractivity contribution is -0.135. The van der Waals surface area contributed by atoms with Gasteiger partial charge in [-0.15, -0.1) is 0 Å². The van der Waals surface area contributed by atoms with Gasteiger partial charge in [0.25, 0.3) is 11.8 Å². The summed E-state index contributed by atoms with van der Waals surface area (Å²) in [6.45, 7) is 6.62. The summed E-state index contributed by atoms with van der Waals surface area (Å²) in [6.07, 6.45) is 0. The average Bonchev–Trinajstić information content (AvgIpc) is 3.26. The first-order valence-corrected chi connectivity index (χ1v) is 14.4. The normalized spacial score (nSPS) is 15.8. The monoisotopic (exact) mass is 557 g/mol. The van der Waals surface area contributed by atoms with Crippen LogP contribution in [0.3, 0.4) is 0 Å². The number of piperazine rings is 1. The van der Waals surface area contributed by atoms with Gasteiger partial charge in [0.05, 0.1) is 5.25 Å². The fourth-order valence-electron chi connectivity index (χ4n) is 4.70. The maximum Gasteiger partial charge on any atom is 0.262 e. The quantitative estimate of drug-likeness (QED) is 0.221. The van der Waals surface area contributed by atoms with Crippen LogP contribution in [0.25, 0.3) is 10.9 Å². The topological polar surface area (TPSA) is 144 Å². The van der Waals surface area contributed by atoms with E-state index in [-0.39, 0.29) is 25.5 Å². The lowest BCUT2D eigenvalue weighted by Crippen LogP contribution is -2.59. The lowest BCUT2D eigenvalue weighted by atomic mass is 10.1. The maximum absolute atomic E-state index is 12.8. The highest BCUT2D eigenvalue weighted by Crippen LogP contribution is 2.24. The molecule has 0 spiro atoms. The number of hydrogen-bond acceptors (Lipinski definition) is 7. The van der Waals surface area contributed by atoms with Gasteiger partial charge < -0.3 is 15.0 Å². The zero-order valence-corrected chi connectivity index (χ0v) is 23.1. The van der Waals surface area contributed by atoms with Gasteiger partial charge in [-0.1, -0.05) is 18.2 Å². The van der Waals surface area contributed by atoms with Crippen molar-refractivity contribution in [2.24, 2.45) is 0 Å². The molecule has 1 fully saturated rings. The number of H-pyrrole nitrogens is 1. The Bertz CT molecular complexity index is 1410. The fraction of sp³-hybridized carbons (Fsp3) is 0.407. The van der Waals surface area contributed by atoms with Crippen LogP contribution in [0.5, 0.6) is 5.75 Å². The molecule has 12 heteroatoms. The van der Waals surface area contributed by atoms with E-state index in [1.165, 1.54) is 4.31 Å². The highest BCUT2D eigenvalue weighted by Gasteiger charge is 2.34. The predicted molar refractivity (Wildman–Crippen MR) is 147 cm³/mol. The summed E-state index contributed by atoms with van der Waals surface area (Å²) in [7, 11) is -3.39. The van der Waals surface area contributed by atoms with Gasteiger partial charge in [-0.2, -0.15) is 4.31 Å². The number of aryl methyl sites for hydroxylation is 1. The second kappa shape index (κ2) is 12.2. The Morgan fingerprint density at radius 1 is 1.05 bits per heavy atom. The van der Waals surface area contributed by atoms with Crippen molar-refractivity contribution in [3.05, 3.63) is 65.4 Å². The number of fused-ring (bicyclic) bond motifs is 1. The Morgan fingerprint density at radius 3 is 2.36 bits per heavy atom. The zero-order valence-electron chi connectivity index (χ0n) is 22.3. The number of nitrogens with one attached hydrogen (secondary N) is 3. The Labute approximate surface area is 228 Å². The first kappa shape index (κ1) is 28.6. The SMILES string of the molecule is Cc1[nH]c2ccccc2c1COc1ccc(C(=O)NCC(C(=O)NO)N2CCN(S(=O)(=O)C(C)C)CC2)cc1. The molecular formula is C27H35N5O6S. The van der Waals surface area contributed by atoms with Crippen molar-refractivity contribution in [2.45, 2.75) is 38.7 Å². The number of benzene rings is 2. The third-order valence-corrected chi connectivity index (χ3v) is 9.34. The molecule has 4 N–H and O–H groups in total. The number of carbonyl (C=O) groups is 2. The largest absolute Gasteiger partial charge is 0.489 e. The molecule has 2 heterocycles.